The summed E-state index contributed by atoms with van der Waals surface area (Å²) < 4.78 is 15.1. The van der Waals surface area contributed by atoms with Crippen LogP contribution in [0.1, 0.15) is 18.9 Å². The van der Waals surface area contributed by atoms with Crippen molar-refractivity contribution in [3.05, 3.63) is 42.2 Å². The third-order valence-electron chi connectivity index (χ3n) is 2.24. The Balaban J connectivity index is 2.33. The number of rotatable bonds is 3. The molecular formula is C11H12FN3. The SMILES string of the molecule is CCCc1ccc(-n2cncn2)cc1F. The van der Waals surface area contributed by atoms with Crippen LogP contribution in [0.4, 0.5) is 4.39 Å². The lowest BCUT2D eigenvalue weighted by molar-refractivity contribution is 0.605. The van der Waals surface area contributed by atoms with Crippen molar-refractivity contribution in [3.63, 3.8) is 0 Å². The molecule has 2 rings (SSSR count). The van der Waals surface area contributed by atoms with Crippen LogP contribution in [-0.4, -0.2) is 14.8 Å². The average molecular weight is 205 g/mol. The molecule has 0 bridgehead atoms. The Kier molecular flexibility index (Phi) is 2.76. The number of nitrogens with zero attached hydrogens (tertiary/aromatic N) is 3. The molecule has 78 valence electrons. The molecule has 0 unspecified atom stereocenters. The summed E-state index contributed by atoms with van der Waals surface area (Å²) in [6.45, 7) is 2.03. The minimum absolute atomic E-state index is 0.176. The summed E-state index contributed by atoms with van der Waals surface area (Å²) in [6, 6.07) is 5.14. The predicted octanol–water partition coefficient (Wildman–Crippen LogP) is 2.36. The fourth-order valence-corrected chi connectivity index (χ4v) is 1.49. The third-order valence-corrected chi connectivity index (χ3v) is 2.24. The van der Waals surface area contributed by atoms with Crippen LogP contribution in [-0.2, 0) is 6.42 Å². The molecular weight excluding hydrogens is 193 g/mol. The molecule has 0 saturated carbocycles. The van der Waals surface area contributed by atoms with Gasteiger partial charge in [0.2, 0.25) is 0 Å². The maximum atomic E-state index is 13.6. The lowest BCUT2D eigenvalue weighted by Gasteiger charge is -2.04. The van der Waals surface area contributed by atoms with Crippen molar-refractivity contribution in [2.45, 2.75) is 19.8 Å². The summed E-state index contributed by atoms with van der Waals surface area (Å²) in [5, 5.41) is 3.94. The van der Waals surface area contributed by atoms with E-state index in [0.717, 1.165) is 18.4 Å². The lowest BCUT2D eigenvalue weighted by Crippen LogP contribution is -1.97. The Hall–Kier alpha value is -1.71. The first-order valence-electron chi connectivity index (χ1n) is 4.94. The molecule has 0 amide bonds. The molecule has 1 heterocycles. The molecule has 2 aromatic rings. The van der Waals surface area contributed by atoms with Crippen LogP contribution in [0.15, 0.2) is 30.9 Å². The minimum atomic E-state index is -0.176. The quantitative estimate of drug-likeness (QED) is 0.770. The smallest absolute Gasteiger partial charge is 0.138 e. The molecule has 1 aromatic heterocycles. The highest BCUT2D eigenvalue weighted by atomic mass is 19.1. The van der Waals surface area contributed by atoms with E-state index in [9.17, 15) is 4.39 Å². The van der Waals surface area contributed by atoms with Gasteiger partial charge in [-0.3, -0.25) is 0 Å². The van der Waals surface area contributed by atoms with Crippen molar-refractivity contribution in [1.82, 2.24) is 14.8 Å². The second-order valence-electron chi connectivity index (χ2n) is 3.37. The first kappa shape index (κ1) is 9.83. The number of hydrogen-bond acceptors (Lipinski definition) is 2. The summed E-state index contributed by atoms with van der Waals surface area (Å²) in [5.74, 6) is -0.176. The highest BCUT2D eigenvalue weighted by molar-refractivity contribution is 5.34. The van der Waals surface area contributed by atoms with Crippen LogP contribution >= 0.6 is 0 Å². The molecule has 0 aliphatic carbocycles. The van der Waals surface area contributed by atoms with Crippen LogP contribution in [0.3, 0.4) is 0 Å². The molecule has 4 heteroatoms. The maximum Gasteiger partial charge on any atom is 0.138 e. The Morgan fingerprint density at radius 2 is 2.27 bits per heavy atom. The van der Waals surface area contributed by atoms with E-state index in [2.05, 4.69) is 10.1 Å². The molecule has 0 fully saturated rings. The van der Waals surface area contributed by atoms with E-state index < -0.39 is 0 Å². The van der Waals surface area contributed by atoms with E-state index in [4.69, 9.17) is 0 Å². The molecule has 1 aromatic carbocycles. The van der Waals surface area contributed by atoms with Gasteiger partial charge in [0.05, 0.1) is 5.69 Å². The van der Waals surface area contributed by atoms with Crippen molar-refractivity contribution in [3.8, 4) is 5.69 Å². The zero-order valence-electron chi connectivity index (χ0n) is 8.52. The first-order chi connectivity index (χ1) is 7.31. The van der Waals surface area contributed by atoms with Crippen LogP contribution in [0.2, 0.25) is 0 Å². The Morgan fingerprint density at radius 1 is 1.40 bits per heavy atom. The van der Waals surface area contributed by atoms with Gasteiger partial charge in [0, 0.05) is 0 Å². The highest BCUT2D eigenvalue weighted by Crippen LogP contribution is 2.14. The molecule has 0 saturated heterocycles. The molecule has 3 nitrogen and oxygen atoms in total. The van der Waals surface area contributed by atoms with Crippen LogP contribution in [0.25, 0.3) is 5.69 Å². The van der Waals surface area contributed by atoms with Crippen molar-refractivity contribution >= 4 is 0 Å². The number of halogens is 1. The van der Waals surface area contributed by atoms with Gasteiger partial charge in [-0.2, -0.15) is 5.10 Å². The molecule has 0 radical (unpaired) electrons. The topological polar surface area (TPSA) is 30.7 Å². The summed E-state index contributed by atoms with van der Waals surface area (Å²) >= 11 is 0. The van der Waals surface area contributed by atoms with Gasteiger partial charge in [0.1, 0.15) is 18.5 Å². The van der Waals surface area contributed by atoms with Gasteiger partial charge in [0.25, 0.3) is 0 Å². The zero-order chi connectivity index (χ0) is 10.7. The van der Waals surface area contributed by atoms with Gasteiger partial charge in [-0.25, -0.2) is 14.1 Å². The number of benzene rings is 1. The molecule has 0 aliphatic rings. The average Bonchev–Trinajstić information content (AvgIpc) is 2.74. The summed E-state index contributed by atoms with van der Waals surface area (Å²) in [6.07, 6.45) is 4.69. The molecule has 0 atom stereocenters. The van der Waals surface area contributed by atoms with E-state index in [0.29, 0.717) is 5.69 Å². The Labute approximate surface area is 87.6 Å². The van der Waals surface area contributed by atoms with E-state index in [1.807, 2.05) is 13.0 Å². The van der Waals surface area contributed by atoms with Gasteiger partial charge >= 0.3 is 0 Å². The second kappa shape index (κ2) is 4.21. The van der Waals surface area contributed by atoms with Gasteiger partial charge in [0.15, 0.2) is 0 Å². The van der Waals surface area contributed by atoms with Gasteiger partial charge in [-0.05, 0) is 24.1 Å². The summed E-state index contributed by atoms with van der Waals surface area (Å²) in [5.41, 5.74) is 1.45. The molecule has 15 heavy (non-hydrogen) atoms. The van der Waals surface area contributed by atoms with Crippen molar-refractivity contribution in [2.75, 3.05) is 0 Å². The fraction of sp³-hybridized carbons (Fsp3) is 0.273. The van der Waals surface area contributed by atoms with Crippen LogP contribution < -0.4 is 0 Å². The van der Waals surface area contributed by atoms with Gasteiger partial charge < -0.3 is 0 Å². The normalized spacial score (nSPS) is 10.5. The molecule has 0 spiro atoms. The van der Waals surface area contributed by atoms with E-state index in [1.165, 1.54) is 12.4 Å². The maximum absolute atomic E-state index is 13.6. The lowest BCUT2D eigenvalue weighted by atomic mass is 10.1. The summed E-state index contributed by atoms with van der Waals surface area (Å²) in [4.78, 5) is 3.82. The molecule has 0 aliphatic heterocycles. The summed E-state index contributed by atoms with van der Waals surface area (Å²) in [7, 11) is 0. The standard InChI is InChI=1S/C11H12FN3/c1-2-3-9-4-5-10(6-11(9)12)15-8-13-7-14-15/h4-8H,2-3H2,1H3. The number of aryl methyl sites for hydroxylation is 1. The fourth-order valence-electron chi connectivity index (χ4n) is 1.49. The Morgan fingerprint density at radius 3 is 2.87 bits per heavy atom. The highest BCUT2D eigenvalue weighted by Gasteiger charge is 2.04. The van der Waals surface area contributed by atoms with E-state index in [1.54, 1.807) is 17.1 Å². The van der Waals surface area contributed by atoms with Crippen LogP contribution in [0.5, 0.6) is 0 Å². The van der Waals surface area contributed by atoms with Gasteiger partial charge in [-0.1, -0.05) is 19.4 Å². The molecule has 0 N–H and O–H groups in total. The van der Waals surface area contributed by atoms with Crippen molar-refractivity contribution in [1.29, 1.82) is 0 Å². The van der Waals surface area contributed by atoms with Crippen molar-refractivity contribution < 1.29 is 4.39 Å². The monoisotopic (exact) mass is 205 g/mol. The Bertz CT molecular complexity index is 437. The largest absolute Gasteiger partial charge is 0.223 e. The third kappa shape index (κ3) is 2.03. The predicted molar refractivity (Wildman–Crippen MR) is 55.3 cm³/mol. The first-order valence-corrected chi connectivity index (χ1v) is 4.94. The zero-order valence-corrected chi connectivity index (χ0v) is 8.52. The minimum Gasteiger partial charge on any atom is -0.223 e. The second-order valence-corrected chi connectivity index (χ2v) is 3.37. The van der Waals surface area contributed by atoms with E-state index in [-0.39, 0.29) is 5.82 Å². The number of hydrogen-bond donors (Lipinski definition) is 0. The van der Waals surface area contributed by atoms with Gasteiger partial charge in [-0.15, -0.1) is 0 Å². The van der Waals surface area contributed by atoms with Crippen LogP contribution in [0, 0.1) is 5.82 Å². The number of aromatic nitrogens is 3. The van der Waals surface area contributed by atoms with Crippen molar-refractivity contribution in [2.24, 2.45) is 0 Å². The van der Waals surface area contributed by atoms with E-state index >= 15 is 0 Å².